The van der Waals surface area contributed by atoms with Crippen LogP contribution in [0.3, 0.4) is 0 Å². The molecule has 198 valence electrons. The van der Waals surface area contributed by atoms with Gasteiger partial charge >= 0.3 is 0 Å². The summed E-state index contributed by atoms with van der Waals surface area (Å²) in [6.07, 6.45) is 3.55. The average Bonchev–Trinajstić information content (AvgIpc) is 3.49. The van der Waals surface area contributed by atoms with Crippen LogP contribution in [0.4, 0.5) is 10.3 Å². The van der Waals surface area contributed by atoms with Crippen LogP contribution in [-0.4, -0.2) is 75.2 Å². The fourth-order valence-electron chi connectivity index (χ4n) is 5.07. The van der Waals surface area contributed by atoms with E-state index in [0.717, 1.165) is 66.5 Å². The van der Waals surface area contributed by atoms with E-state index in [1.807, 2.05) is 24.3 Å². The number of aromatic hydroxyl groups is 1. The van der Waals surface area contributed by atoms with E-state index in [1.54, 1.807) is 31.4 Å². The number of nitrogens with zero attached hydrogens (tertiary/aromatic N) is 6. The van der Waals surface area contributed by atoms with Crippen LogP contribution in [0.1, 0.15) is 23.9 Å². The molecule has 2 aromatic carbocycles. The number of hydrogen-bond donors (Lipinski definition) is 2. The summed E-state index contributed by atoms with van der Waals surface area (Å²) in [6.45, 7) is 3.21. The van der Waals surface area contributed by atoms with Crippen molar-refractivity contribution in [1.82, 2.24) is 29.3 Å². The highest BCUT2D eigenvalue weighted by Crippen LogP contribution is 2.39. The molecular weight excluding hydrogens is 481 g/mol. The standard InChI is InChI=1S/C29H34FN7O/c1-31-29-32-15-14-24(33-29)28-27(20-8-10-22(30)11-9-20)34-26-13-12-23(37(26)28)19-36(17-16-35(2)3)18-21-6-4-5-7-25(21)38/h4-11,14-15,23,38H,12-13,16-19H2,1-3H3,(H,31,32,33). The number of halogens is 1. The number of phenols is 1. The molecule has 1 aliphatic rings. The maximum absolute atomic E-state index is 13.7. The van der Waals surface area contributed by atoms with E-state index in [0.29, 0.717) is 18.2 Å². The van der Waals surface area contributed by atoms with Gasteiger partial charge in [0.05, 0.1) is 17.1 Å². The molecule has 8 nitrogen and oxygen atoms in total. The molecule has 38 heavy (non-hydrogen) atoms. The van der Waals surface area contributed by atoms with Crippen molar-refractivity contribution in [3.05, 3.63) is 78.0 Å². The molecular formula is C29H34FN7O. The van der Waals surface area contributed by atoms with Gasteiger partial charge in [-0.05, 0) is 56.9 Å². The Labute approximate surface area is 222 Å². The van der Waals surface area contributed by atoms with Crippen LogP contribution in [0.15, 0.2) is 60.8 Å². The van der Waals surface area contributed by atoms with Gasteiger partial charge in [-0.25, -0.2) is 19.3 Å². The molecule has 4 aromatic rings. The number of hydrogen-bond acceptors (Lipinski definition) is 7. The summed E-state index contributed by atoms with van der Waals surface area (Å²) in [5.41, 5.74) is 4.26. The summed E-state index contributed by atoms with van der Waals surface area (Å²) in [7, 11) is 5.94. The lowest BCUT2D eigenvalue weighted by Crippen LogP contribution is -2.35. The number of imidazole rings is 1. The number of aryl methyl sites for hydroxylation is 1. The highest BCUT2D eigenvalue weighted by molar-refractivity contribution is 5.78. The third kappa shape index (κ3) is 5.54. The maximum Gasteiger partial charge on any atom is 0.222 e. The number of benzene rings is 2. The monoisotopic (exact) mass is 515 g/mol. The Morgan fingerprint density at radius 1 is 1.05 bits per heavy atom. The molecule has 0 spiro atoms. The van der Waals surface area contributed by atoms with E-state index in [4.69, 9.17) is 9.97 Å². The molecule has 0 saturated carbocycles. The van der Waals surface area contributed by atoms with E-state index in [2.05, 4.69) is 38.8 Å². The smallest absolute Gasteiger partial charge is 0.222 e. The Morgan fingerprint density at radius 3 is 2.58 bits per heavy atom. The van der Waals surface area contributed by atoms with Gasteiger partial charge in [-0.3, -0.25) is 4.90 Å². The number of anilines is 1. The first-order chi connectivity index (χ1) is 18.4. The highest BCUT2D eigenvalue weighted by atomic mass is 19.1. The number of likely N-dealkylation sites (N-methyl/N-ethyl adjacent to an activating group) is 1. The third-order valence-corrected chi connectivity index (χ3v) is 7.01. The quantitative estimate of drug-likeness (QED) is 0.323. The number of phenolic OH excluding ortho intramolecular Hbond substituents is 1. The van der Waals surface area contributed by atoms with Crippen LogP contribution in [0, 0.1) is 5.82 Å². The topological polar surface area (TPSA) is 82.3 Å². The fourth-order valence-corrected chi connectivity index (χ4v) is 5.07. The zero-order valence-corrected chi connectivity index (χ0v) is 22.1. The number of fused-ring (bicyclic) bond motifs is 1. The SMILES string of the molecule is CNc1nccc(-c2c(-c3ccc(F)cc3)nc3n2C(CN(CCN(C)C)Cc2ccccc2O)CC3)n1. The van der Waals surface area contributed by atoms with Gasteiger partial charge in [0.15, 0.2) is 0 Å². The summed E-state index contributed by atoms with van der Waals surface area (Å²) in [6, 6.07) is 16.1. The molecule has 2 aromatic heterocycles. The van der Waals surface area contributed by atoms with Crippen molar-refractivity contribution >= 4 is 5.95 Å². The highest BCUT2D eigenvalue weighted by Gasteiger charge is 2.32. The Bertz CT molecular complexity index is 1390. The zero-order valence-electron chi connectivity index (χ0n) is 22.1. The summed E-state index contributed by atoms with van der Waals surface area (Å²) < 4.78 is 16.1. The van der Waals surface area contributed by atoms with E-state index in [9.17, 15) is 9.50 Å². The molecule has 0 radical (unpaired) electrons. The minimum atomic E-state index is -0.278. The Kier molecular flexibility index (Phi) is 7.67. The van der Waals surface area contributed by atoms with Crippen LogP contribution in [-0.2, 0) is 13.0 Å². The van der Waals surface area contributed by atoms with E-state index < -0.39 is 0 Å². The number of para-hydroxylation sites is 1. The van der Waals surface area contributed by atoms with E-state index in [-0.39, 0.29) is 11.9 Å². The minimum absolute atomic E-state index is 0.169. The third-order valence-electron chi connectivity index (χ3n) is 7.01. The first-order valence-corrected chi connectivity index (χ1v) is 12.9. The van der Waals surface area contributed by atoms with Crippen LogP contribution >= 0.6 is 0 Å². The molecule has 5 rings (SSSR count). The van der Waals surface area contributed by atoms with Gasteiger partial charge in [-0.1, -0.05) is 18.2 Å². The normalized spacial score (nSPS) is 14.8. The fraction of sp³-hybridized carbons (Fsp3) is 0.345. The lowest BCUT2D eigenvalue weighted by atomic mass is 10.1. The second kappa shape index (κ2) is 11.3. The van der Waals surface area contributed by atoms with Crippen LogP contribution in [0.25, 0.3) is 22.6 Å². The van der Waals surface area contributed by atoms with Crippen molar-refractivity contribution in [2.45, 2.75) is 25.4 Å². The average molecular weight is 516 g/mol. The molecule has 0 amide bonds. The lowest BCUT2D eigenvalue weighted by Gasteiger charge is -2.29. The molecule has 9 heteroatoms. The van der Waals surface area contributed by atoms with E-state index >= 15 is 0 Å². The molecule has 0 bridgehead atoms. The van der Waals surface area contributed by atoms with Gasteiger partial charge in [0.2, 0.25) is 5.95 Å². The number of rotatable bonds is 10. The van der Waals surface area contributed by atoms with Crippen LogP contribution in [0.2, 0.25) is 0 Å². The second-order valence-electron chi connectivity index (χ2n) is 9.98. The predicted octanol–water partition coefficient (Wildman–Crippen LogP) is 4.44. The molecule has 2 N–H and O–H groups in total. The number of nitrogens with one attached hydrogen (secondary N) is 1. The van der Waals surface area contributed by atoms with Crippen molar-refractivity contribution < 1.29 is 9.50 Å². The summed E-state index contributed by atoms with van der Waals surface area (Å²) in [5.74, 6) is 1.57. The lowest BCUT2D eigenvalue weighted by molar-refractivity contribution is 0.203. The first kappa shape index (κ1) is 25.8. The predicted molar refractivity (Wildman–Crippen MR) is 147 cm³/mol. The van der Waals surface area contributed by atoms with Crippen molar-refractivity contribution in [2.75, 3.05) is 46.1 Å². The van der Waals surface area contributed by atoms with Crippen molar-refractivity contribution in [2.24, 2.45) is 0 Å². The van der Waals surface area contributed by atoms with Crippen molar-refractivity contribution in [3.63, 3.8) is 0 Å². The largest absolute Gasteiger partial charge is 0.508 e. The van der Waals surface area contributed by atoms with Gasteiger partial charge in [0, 0.05) is 63.0 Å². The van der Waals surface area contributed by atoms with Crippen LogP contribution < -0.4 is 5.32 Å². The Morgan fingerprint density at radius 2 is 1.84 bits per heavy atom. The minimum Gasteiger partial charge on any atom is -0.508 e. The zero-order chi connectivity index (χ0) is 26.6. The molecule has 1 atom stereocenters. The Hall–Kier alpha value is -3.82. The maximum atomic E-state index is 13.7. The summed E-state index contributed by atoms with van der Waals surface area (Å²) in [4.78, 5) is 18.7. The molecule has 3 heterocycles. The van der Waals surface area contributed by atoms with Crippen molar-refractivity contribution in [3.8, 4) is 28.4 Å². The molecule has 0 fully saturated rings. The number of aromatic nitrogens is 4. The molecule has 0 saturated heterocycles. The van der Waals surface area contributed by atoms with Gasteiger partial charge in [0.1, 0.15) is 17.4 Å². The van der Waals surface area contributed by atoms with Gasteiger partial charge < -0.3 is 19.9 Å². The molecule has 1 aliphatic heterocycles. The second-order valence-corrected chi connectivity index (χ2v) is 9.98. The molecule has 1 unspecified atom stereocenters. The molecule has 0 aliphatic carbocycles. The summed E-state index contributed by atoms with van der Waals surface area (Å²) in [5, 5.41) is 13.5. The summed E-state index contributed by atoms with van der Waals surface area (Å²) >= 11 is 0. The van der Waals surface area contributed by atoms with E-state index in [1.165, 1.54) is 12.1 Å². The van der Waals surface area contributed by atoms with Gasteiger partial charge in [0.25, 0.3) is 0 Å². The van der Waals surface area contributed by atoms with Gasteiger partial charge in [-0.15, -0.1) is 0 Å². The Balaban J connectivity index is 1.54. The van der Waals surface area contributed by atoms with Gasteiger partial charge in [-0.2, -0.15) is 0 Å². The first-order valence-electron chi connectivity index (χ1n) is 12.9. The van der Waals surface area contributed by atoms with Crippen molar-refractivity contribution in [1.29, 1.82) is 0 Å². The van der Waals surface area contributed by atoms with Crippen LogP contribution in [0.5, 0.6) is 5.75 Å².